The monoisotopic (exact) mass is 896 g/mol. The molecular weight excluding hydrogens is 861 g/mol. The maximum atomic E-state index is 13.4. The van der Waals surface area contributed by atoms with Crippen molar-refractivity contribution in [2.75, 3.05) is 32.6 Å². The zero-order valence-electron chi connectivity index (χ0n) is 30.9. The van der Waals surface area contributed by atoms with Gasteiger partial charge in [0.2, 0.25) is 10.0 Å². The molecular formula is C37H36F3N4O13PS2. The van der Waals surface area contributed by atoms with Gasteiger partial charge in [-0.25, -0.2) is 17.7 Å². The molecule has 1 aliphatic rings. The van der Waals surface area contributed by atoms with E-state index in [4.69, 9.17) is 19.3 Å². The van der Waals surface area contributed by atoms with Gasteiger partial charge in [-0.3, -0.25) is 9.59 Å². The number of para-hydroxylation sites is 2. The summed E-state index contributed by atoms with van der Waals surface area (Å²) in [6.07, 6.45) is -5.81. The molecule has 0 saturated heterocycles. The number of rotatable bonds is 18. The first-order valence-electron chi connectivity index (χ1n) is 17.6. The molecule has 0 aliphatic carbocycles. The number of alkyl halides is 3. The van der Waals surface area contributed by atoms with Crippen LogP contribution in [-0.4, -0.2) is 82.7 Å². The number of sulfonamides is 1. The summed E-state index contributed by atoms with van der Waals surface area (Å²) < 4.78 is 97.0. The van der Waals surface area contributed by atoms with Crippen molar-refractivity contribution in [3.63, 3.8) is 0 Å². The number of carbonyl (C=O) groups excluding carboxylic acids is 2. The van der Waals surface area contributed by atoms with Crippen LogP contribution < -0.4 is 29.4 Å². The van der Waals surface area contributed by atoms with Crippen LogP contribution >= 0.6 is 19.4 Å². The number of hydrogen-bond acceptors (Lipinski definition) is 14. The van der Waals surface area contributed by atoms with Gasteiger partial charge in [-0.15, -0.1) is 11.8 Å². The second-order valence-corrected chi connectivity index (χ2v) is 18.1. The van der Waals surface area contributed by atoms with E-state index in [1.54, 1.807) is 0 Å². The van der Waals surface area contributed by atoms with Crippen molar-refractivity contribution in [1.29, 1.82) is 5.26 Å². The van der Waals surface area contributed by atoms with Crippen LogP contribution in [0.3, 0.4) is 0 Å². The van der Waals surface area contributed by atoms with E-state index in [0.717, 1.165) is 23.9 Å². The molecule has 23 heteroatoms. The van der Waals surface area contributed by atoms with Crippen molar-refractivity contribution in [2.24, 2.45) is 0 Å². The second-order valence-electron chi connectivity index (χ2n) is 12.8. The Labute approximate surface area is 344 Å². The standard InChI is InChI=1S/C37H36F3N4O13PS2/c38-37(39,40)26-17-23(10-9-21(26)19-41)57-58(51,52)20-44-60(53,54)32-16-22-15-29(55-13-3-11-42-35(49)24-5-1-7-27(45)33(24)47)30(18-31(22)59-32)56-14-4-12-43-36(50)25-6-2-8-28(46)34(25)48/h1-2,5-10,15,17-18,32,44-48H,3-4,11-14,16,20H2,(H,42,49)(H,43,50)(H,51,52). The summed E-state index contributed by atoms with van der Waals surface area (Å²) in [6.45, 7) is 0.182. The van der Waals surface area contributed by atoms with Gasteiger partial charge in [-0.2, -0.15) is 18.4 Å². The van der Waals surface area contributed by atoms with Crippen LogP contribution in [0.5, 0.6) is 40.2 Å². The smallest absolute Gasteiger partial charge is 0.417 e. The highest BCUT2D eigenvalue weighted by Gasteiger charge is 2.38. The SMILES string of the molecule is N#Cc1ccc(OP(=O)(O)CNS(=O)(=O)C2Cc3cc(OCCCNC(=O)c4cccc(O)c4O)c(OCCCNC(=O)c4cccc(O)c4O)cc3S2)cc1C(F)(F)F. The number of thioether (sulfide) groups is 1. The Kier molecular flexibility index (Phi) is 14.3. The first-order chi connectivity index (χ1) is 28.3. The first kappa shape index (κ1) is 45.2. The van der Waals surface area contributed by atoms with Gasteiger partial charge >= 0.3 is 13.8 Å². The molecule has 0 fully saturated rings. The van der Waals surface area contributed by atoms with E-state index in [0.29, 0.717) is 16.5 Å². The number of aromatic hydroxyl groups is 4. The fraction of sp³-hybridized carbons (Fsp3) is 0.270. The van der Waals surface area contributed by atoms with Gasteiger partial charge in [0.25, 0.3) is 11.8 Å². The van der Waals surface area contributed by atoms with Crippen LogP contribution in [0, 0.1) is 11.3 Å². The molecule has 320 valence electrons. The Morgan fingerprint density at radius 2 is 1.42 bits per heavy atom. The van der Waals surface area contributed by atoms with Crippen LogP contribution in [0.25, 0.3) is 0 Å². The number of nitrogens with one attached hydrogen (secondary N) is 3. The number of carbonyl (C=O) groups is 2. The van der Waals surface area contributed by atoms with Gasteiger partial charge in [0.05, 0.1) is 41.5 Å². The van der Waals surface area contributed by atoms with E-state index >= 15 is 0 Å². The number of benzene rings is 4. The average Bonchev–Trinajstić information content (AvgIpc) is 3.62. The highest BCUT2D eigenvalue weighted by Crippen LogP contribution is 2.47. The zero-order chi connectivity index (χ0) is 43.8. The summed E-state index contributed by atoms with van der Waals surface area (Å²) in [4.78, 5) is 35.8. The fourth-order valence-corrected chi connectivity index (χ4v) is 10.0. The van der Waals surface area contributed by atoms with E-state index in [2.05, 4.69) is 10.6 Å². The minimum absolute atomic E-state index is 0.00829. The lowest BCUT2D eigenvalue weighted by molar-refractivity contribution is -0.137. The van der Waals surface area contributed by atoms with Crippen LogP contribution in [-0.2, 0) is 27.2 Å². The summed E-state index contributed by atoms with van der Waals surface area (Å²) in [6, 6.07) is 14.2. The van der Waals surface area contributed by atoms with Crippen molar-refractivity contribution < 1.29 is 75.1 Å². The molecule has 4 aromatic rings. The van der Waals surface area contributed by atoms with Crippen LogP contribution in [0.4, 0.5) is 13.2 Å². The topological polar surface area (TPSA) is 274 Å². The Morgan fingerprint density at radius 3 is 1.95 bits per heavy atom. The minimum Gasteiger partial charge on any atom is -0.504 e. The summed E-state index contributed by atoms with van der Waals surface area (Å²) in [5, 5.41) is 53.4. The molecule has 0 aromatic heterocycles. The number of phenols is 4. The molecule has 2 atom stereocenters. The molecule has 60 heavy (non-hydrogen) atoms. The molecule has 8 N–H and O–H groups in total. The first-order valence-corrected chi connectivity index (χ1v) is 21.8. The number of halogens is 3. The molecule has 17 nitrogen and oxygen atoms in total. The van der Waals surface area contributed by atoms with Gasteiger partial charge in [0, 0.05) is 24.4 Å². The van der Waals surface area contributed by atoms with E-state index in [1.807, 2.05) is 4.72 Å². The normalized spacial score (nSPS) is 14.6. The summed E-state index contributed by atoms with van der Waals surface area (Å²) in [5.74, 6) is -3.76. The zero-order valence-corrected chi connectivity index (χ0v) is 33.5. The van der Waals surface area contributed by atoms with Gasteiger partial charge in [0.1, 0.15) is 16.6 Å². The minimum atomic E-state index is -4.98. The average molecular weight is 897 g/mol. The van der Waals surface area contributed by atoms with Crippen LogP contribution in [0.2, 0.25) is 0 Å². The summed E-state index contributed by atoms with van der Waals surface area (Å²) in [5.41, 5.74) is -1.96. The van der Waals surface area contributed by atoms with E-state index < -0.39 is 86.4 Å². The van der Waals surface area contributed by atoms with E-state index in [9.17, 15) is 61.1 Å². The largest absolute Gasteiger partial charge is 0.504 e. The third kappa shape index (κ3) is 11.5. The number of nitrogens with zero attached hydrogens (tertiary/aromatic N) is 1. The van der Waals surface area contributed by atoms with Crippen molar-refractivity contribution in [3.8, 4) is 46.3 Å². The molecule has 0 spiro atoms. The van der Waals surface area contributed by atoms with Gasteiger partial charge in [-0.05, 0) is 73.0 Å². The van der Waals surface area contributed by atoms with Crippen molar-refractivity contribution >= 4 is 41.2 Å². The lowest BCUT2D eigenvalue weighted by Crippen LogP contribution is -2.33. The maximum Gasteiger partial charge on any atom is 0.417 e. The van der Waals surface area contributed by atoms with Gasteiger partial charge in [-0.1, -0.05) is 12.1 Å². The fourth-order valence-electron chi connectivity index (χ4n) is 5.52. The maximum absolute atomic E-state index is 13.4. The number of ether oxygens (including phenoxy) is 2. The highest BCUT2D eigenvalue weighted by atomic mass is 32.3. The Hall–Kier alpha value is -5.85. The van der Waals surface area contributed by atoms with Crippen molar-refractivity contribution in [1.82, 2.24) is 15.4 Å². The molecule has 2 unspecified atom stereocenters. The number of amides is 2. The number of phenolic OH excluding ortho intramolecular Hbond substituents is 4. The molecule has 5 rings (SSSR count). The number of hydrogen-bond donors (Lipinski definition) is 8. The number of nitriles is 1. The molecule has 0 saturated carbocycles. The van der Waals surface area contributed by atoms with Crippen molar-refractivity contribution in [3.05, 3.63) is 94.5 Å². The number of fused-ring (bicyclic) bond motifs is 1. The lowest BCUT2D eigenvalue weighted by atomic mass is 10.1. The van der Waals surface area contributed by atoms with Gasteiger partial charge in [0.15, 0.2) is 34.5 Å². The van der Waals surface area contributed by atoms with Crippen LogP contribution in [0.1, 0.15) is 50.2 Å². The Morgan fingerprint density at radius 1 is 0.867 bits per heavy atom. The highest BCUT2D eigenvalue weighted by molar-refractivity contribution is 8.13. The Bertz CT molecular complexity index is 2370. The third-order valence-corrected chi connectivity index (χ3v) is 13.3. The third-order valence-electron chi connectivity index (χ3n) is 8.50. The molecule has 4 aromatic carbocycles. The molecule has 1 heterocycles. The van der Waals surface area contributed by atoms with Crippen molar-refractivity contribution in [2.45, 2.75) is 34.9 Å². The predicted molar refractivity (Wildman–Crippen MR) is 208 cm³/mol. The second kappa shape index (κ2) is 19.0. The predicted octanol–water partition coefficient (Wildman–Crippen LogP) is 4.91. The molecule has 0 radical (unpaired) electrons. The van der Waals surface area contributed by atoms with E-state index in [-0.39, 0.29) is 68.2 Å². The summed E-state index contributed by atoms with van der Waals surface area (Å²) in [7, 11) is -9.31. The quantitative estimate of drug-likeness (QED) is 0.0374. The van der Waals surface area contributed by atoms with Gasteiger partial charge < -0.3 is 50.0 Å². The van der Waals surface area contributed by atoms with Crippen LogP contribution in [0.15, 0.2) is 71.6 Å². The molecule has 0 bridgehead atoms. The molecule has 2 amide bonds. The Balaban J connectivity index is 1.22. The summed E-state index contributed by atoms with van der Waals surface area (Å²) >= 11 is 0.872. The van der Waals surface area contributed by atoms with E-state index in [1.165, 1.54) is 54.6 Å². The molecule has 1 aliphatic heterocycles. The lowest BCUT2D eigenvalue weighted by Gasteiger charge is -2.17.